The number of hydrogen-bond acceptors (Lipinski definition) is 6. The number of rotatable bonds is 4. The van der Waals surface area contributed by atoms with E-state index in [1.54, 1.807) is 13.0 Å². The van der Waals surface area contributed by atoms with Crippen LogP contribution in [0.25, 0.3) is 0 Å². The van der Waals surface area contributed by atoms with Crippen molar-refractivity contribution >= 4 is 40.3 Å². The fourth-order valence-electron chi connectivity index (χ4n) is 2.05. The predicted octanol–water partition coefficient (Wildman–Crippen LogP) is 2.94. The van der Waals surface area contributed by atoms with Crippen LogP contribution < -0.4 is 10.6 Å². The van der Waals surface area contributed by atoms with Crippen LogP contribution >= 0.6 is 12.2 Å². The van der Waals surface area contributed by atoms with Gasteiger partial charge in [-0.2, -0.15) is 0 Å². The van der Waals surface area contributed by atoms with Gasteiger partial charge in [0, 0.05) is 23.8 Å². The molecule has 128 valence electrons. The van der Waals surface area contributed by atoms with Crippen LogP contribution in [-0.4, -0.2) is 20.9 Å². The highest BCUT2D eigenvalue weighted by Crippen LogP contribution is 2.24. The molecule has 0 bridgehead atoms. The van der Waals surface area contributed by atoms with E-state index in [1.807, 2.05) is 0 Å². The van der Waals surface area contributed by atoms with Gasteiger partial charge in [0.15, 0.2) is 5.11 Å². The van der Waals surface area contributed by atoms with Crippen LogP contribution in [0.2, 0.25) is 0 Å². The minimum atomic E-state index is -0.635. The second-order valence-corrected chi connectivity index (χ2v) is 5.33. The normalized spacial score (nSPS) is 9.96. The highest BCUT2D eigenvalue weighted by molar-refractivity contribution is 7.80. The Balaban J connectivity index is 2.12. The van der Waals surface area contributed by atoms with Crippen molar-refractivity contribution < 1.29 is 14.6 Å². The van der Waals surface area contributed by atoms with Gasteiger partial charge in [0.25, 0.3) is 17.3 Å². The Morgan fingerprint density at radius 1 is 1.08 bits per heavy atom. The summed E-state index contributed by atoms with van der Waals surface area (Å²) in [4.78, 5) is 32.7. The zero-order valence-electron chi connectivity index (χ0n) is 12.9. The largest absolute Gasteiger partial charge is 0.332 e. The average Bonchev–Trinajstić information content (AvgIpc) is 2.56. The van der Waals surface area contributed by atoms with Gasteiger partial charge in [-0.3, -0.25) is 30.3 Å². The average molecular weight is 360 g/mol. The molecule has 2 aromatic rings. The maximum absolute atomic E-state index is 12.1. The molecule has 9 nitrogen and oxygen atoms in total. The van der Waals surface area contributed by atoms with Crippen LogP contribution in [-0.2, 0) is 0 Å². The number of nitrogens with one attached hydrogen (secondary N) is 2. The van der Waals surface area contributed by atoms with Gasteiger partial charge in [-0.15, -0.1) is 0 Å². The Morgan fingerprint density at radius 3 is 2.40 bits per heavy atom. The second-order valence-electron chi connectivity index (χ2n) is 4.92. The minimum absolute atomic E-state index is 0.0640. The highest BCUT2D eigenvalue weighted by Gasteiger charge is 2.16. The van der Waals surface area contributed by atoms with E-state index in [4.69, 9.17) is 12.2 Å². The Morgan fingerprint density at radius 2 is 1.76 bits per heavy atom. The number of thiocarbonyl (C=S) groups is 1. The van der Waals surface area contributed by atoms with Gasteiger partial charge >= 0.3 is 0 Å². The maximum Gasteiger partial charge on any atom is 0.274 e. The molecule has 0 radical (unpaired) electrons. The lowest BCUT2D eigenvalue weighted by molar-refractivity contribution is -0.385. The van der Waals surface area contributed by atoms with Crippen LogP contribution in [0.1, 0.15) is 15.9 Å². The van der Waals surface area contributed by atoms with Gasteiger partial charge in [-0.1, -0.05) is 12.1 Å². The molecular formula is C15H12N4O5S. The van der Waals surface area contributed by atoms with Gasteiger partial charge in [0.1, 0.15) is 0 Å². The number of hydrogen-bond donors (Lipinski definition) is 2. The molecule has 10 heteroatoms. The summed E-state index contributed by atoms with van der Waals surface area (Å²) in [6, 6.07) is 9.59. The SMILES string of the molecule is Cc1c(NC(=S)NC(=O)c2cccc([N+](=O)[O-])c2)cccc1[N+](=O)[O-]. The lowest BCUT2D eigenvalue weighted by atomic mass is 10.1. The topological polar surface area (TPSA) is 127 Å². The molecular weight excluding hydrogens is 348 g/mol. The third kappa shape index (κ3) is 4.32. The fraction of sp³-hybridized carbons (Fsp3) is 0.0667. The molecule has 0 aliphatic heterocycles. The first kappa shape index (κ1) is 17.9. The molecule has 0 aliphatic rings. The van der Waals surface area contributed by atoms with Crippen molar-refractivity contribution in [2.45, 2.75) is 6.92 Å². The molecule has 0 unspecified atom stereocenters. The van der Waals surface area contributed by atoms with Crippen LogP contribution in [0, 0.1) is 27.2 Å². The van der Waals surface area contributed by atoms with E-state index in [1.165, 1.54) is 30.3 Å². The zero-order chi connectivity index (χ0) is 18.6. The molecule has 0 aromatic heterocycles. The summed E-state index contributed by atoms with van der Waals surface area (Å²) < 4.78 is 0. The summed E-state index contributed by atoms with van der Waals surface area (Å²) in [5.41, 5.74) is 0.492. The van der Waals surface area contributed by atoms with Crippen molar-refractivity contribution in [2.75, 3.05) is 5.32 Å². The quantitative estimate of drug-likeness (QED) is 0.487. The van der Waals surface area contributed by atoms with Crippen molar-refractivity contribution in [2.24, 2.45) is 0 Å². The van der Waals surface area contributed by atoms with Crippen molar-refractivity contribution in [3.05, 3.63) is 73.8 Å². The number of carbonyl (C=O) groups excluding carboxylic acids is 1. The van der Waals surface area contributed by atoms with Crippen LogP contribution in [0.15, 0.2) is 42.5 Å². The zero-order valence-corrected chi connectivity index (χ0v) is 13.7. The Hall–Kier alpha value is -3.40. The number of amides is 1. The van der Waals surface area contributed by atoms with E-state index >= 15 is 0 Å². The molecule has 0 fully saturated rings. The fourth-order valence-corrected chi connectivity index (χ4v) is 2.25. The van der Waals surface area contributed by atoms with E-state index in [2.05, 4.69) is 10.6 Å². The molecule has 0 saturated heterocycles. The third-order valence-corrected chi connectivity index (χ3v) is 3.50. The van der Waals surface area contributed by atoms with Crippen molar-refractivity contribution in [3.8, 4) is 0 Å². The molecule has 0 spiro atoms. The lowest BCUT2D eigenvalue weighted by Crippen LogP contribution is -2.34. The standard InChI is InChI=1S/C15H12N4O5S/c1-9-12(6-3-7-13(9)19(23)24)16-15(25)17-14(20)10-4-2-5-11(8-10)18(21)22/h2-8H,1H3,(H2,16,17,20,25). The maximum atomic E-state index is 12.1. The van der Waals surface area contributed by atoms with Gasteiger partial charge in [-0.25, -0.2) is 0 Å². The molecule has 0 aliphatic carbocycles. The molecule has 2 rings (SSSR count). The molecule has 0 heterocycles. The summed E-state index contributed by atoms with van der Waals surface area (Å²) in [6.45, 7) is 1.55. The molecule has 0 atom stereocenters. The summed E-state index contributed by atoms with van der Waals surface area (Å²) in [5.74, 6) is -0.635. The summed E-state index contributed by atoms with van der Waals surface area (Å²) >= 11 is 5.02. The third-order valence-electron chi connectivity index (χ3n) is 3.30. The van der Waals surface area contributed by atoms with Gasteiger partial charge in [-0.05, 0) is 31.3 Å². The van der Waals surface area contributed by atoms with E-state index in [-0.39, 0.29) is 22.1 Å². The minimum Gasteiger partial charge on any atom is -0.332 e. The molecule has 2 aromatic carbocycles. The molecule has 25 heavy (non-hydrogen) atoms. The number of non-ortho nitro benzene ring substituents is 1. The highest BCUT2D eigenvalue weighted by atomic mass is 32.1. The molecule has 2 N–H and O–H groups in total. The van der Waals surface area contributed by atoms with E-state index in [0.717, 1.165) is 6.07 Å². The number of nitro benzene ring substituents is 2. The number of carbonyl (C=O) groups is 1. The summed E-state index contributed by atoms with van der Waals surface area (Å²) in [5, 5.41) is 26.7. The Labute approximate surface area is 147 Å². The first-order chi connectivity index (χ1) is 11.8. The predicted molar refractivity (Wildman–Crippen MR) is 94.6 cm³/mol. The van der Waals surface area contributed by atoms with Gasteiger partial charge in [0.2, 0.25) is 0 Å². The van der Waals surface area contributed by atoms with Gasteiger partial charge in [0.05, 0.1) is 21.1 Å². The molecule has 1 amide bonds. The van der Waals surface area contributed by atoms with Crippen LogP contribution in [0.5, 0.6) is 0 Å². The van der Waals surface area contributed by atoms with Crippen molar-refractivity contribution in [1.29, 1.82) is 0 Å². The number of benzene rings is 2. The number of nitro groups is 2. The summed E-state index contributed by atoms with van der Waals surface area (Å²) in [7, 11) is 0. The lowest BCUT2D eigenvalue weighted by Gasteiger charge is -2.11. The van der Waals surface area contributed by atoms with Gasteiger partial charge < -0.3 is 5.32 Å². The number of anilines is 1. The second kappa shape index (κ2) is 7.45. The smallest absolute Gasteiger partial charge is 0.274 e. The monoisotopic (exact) mass is 360 g/mol. The van der Waals surface area contributed by atoms with E-state index in [0.29, 0.717) is 11.3 Å². The van der Waals surface area contributed by atoms with Crippen LogP contribution in [0.4, 0.5) is 17.1 Å². The van der Waals surface area contributed by atoms with Crippen molar-refractivity contribution in [1.82, 2.24) is 5.32 Å². The Kier molecular flexibility index (Phi) is 5.35. The van der Waals surface area contributed by atoms with E-state index < -0.39 is 15.8 Å². The molecule has 0 saturated carbocycles. The van der Waals surface area contributed by atoms with Crippen molar-refractivity contribution in [3.63, 3.8) is 0 Å². The van der Waals surface area contributed by atoms with Crippen LogP contribution in [0.3, 0.4) is 0 Å². The summed E-state index contributed by atoms with van der Waals surface area (Å²) in [6.07, 6.45) is 0. The Bertz CT molecular complexity index is 884. The van der Waals surface area contributed by atoms with E-state index in [9.17, 15) is 25.0 Å². The first-order valence-electron chi connectivity index (χ1n) is 6.90. The number of nitrogens with zero attached hydrogens (tertiary/aromatic N) is 2. The first-order valence-corrected chi connectivity index (χ1v) is 7.31.